The lowest BCUT2D eigenvalue weighted by molar-refractivity contribution is -0.121. The van der Waals surface area contributed by atoms with Crippen LogP contribution in [0.25, 0.3) is 0 Å². The van der Waals surface area contributed by atoms with Gasteiger partial charge >= 0.3 is 0 Å². The molecule has 2 aromatic rings. The van der Waals surface area contributed by atoms with E-state index in [-0.39, 0.29) is 24.5 Å². The SMILES string of the molecule is COc1cccc(C(=O)CCC(=O)NCCc2ccc(OC)c(OC)c2)c1. The Balaban J connectivity index is 1.77. The first-order valence-corrected chi connectivity index (χ1v) is 8.72. The molecule has 0 heterocycles. The number of nitrogens with one attached hydrogen (secondary N) is 1. The van der Waals surface area contributed by atoms with Crippen LogP contribution >= 0.6 is 0 Å². The molecule has 0 unspecified atom stereocenters. The van der Waals surface area contributed by atoms with Crippen molar-refractivity contribution >= 4 is 11.7 Å². The van der Waals surface area contributed by atoms with Crippen LogP contribution in [0.3, 0.4) is 0 Å². The number of benzene rings is 2. The summed E-state index contributed by atoms with van der Waals surface area (Å²) in [6.07, 6.45) is 0.979. The maximum atomic E-state index is 12.2. The minimum atomic E-state index is -0.147. The lowest BCUT2D eigenvalue weighted by Crippen LogP contribution is -2.26. The molecule has 0 aliphatic carbocycles. The summed E-state index contributed by atoms with van der Waals surface area (Å²) >= 11 is 0. The van der Waals surface area contributed by atoms with Crippen molar-refractivity contribution < 1.29 is 23.8 Å². The van der Waals surface area contributed by atoms with Crippen LogP contribution in [-0.4, -0.2) is 39.6 Å². The van der Waals surface area contributed by atoms with Gasteiger partial charge in [-0.15, -0.1) is 0 Å². The Bertz CT molecular complexity index is 788. The third-order valence-electron chi connectivity index (χ3n) is 4.15. The van der Waals surface area contributed by atoms with Crippen LogP contribution in [0.5, 0.6) is 17.2 Å². The number of hydrogen-bond donors (Lipinski definition) is 1. The zero-order valence-corrected chi connectivity index (χ0v) is 15.9. The molecule has 27 heavy (non-hydrogen) atoms. The van der Waals surface area contributed by atoms with Gasteiger partial charge in [0.25, 0.3) is 0 Å². The van der Waals surface area contributed by atoms with Crippen LogP contribution in [0.2, 0.25) is 0 Å². The quantitative estimate of drug-likeness (QED) is 0.650. The van der Waals surface area contributed by atoms with Crippen LogP contribution in [0, 0.1) is 0 Å². The van der Waals surface area contributed by atoms with E-state index in [2.05, 4.69) is 5.32 Å². The van der Waals surface area contributed by atoms with Crippen molar-refractivity contribution in [3.63, 3.8) is 0 Å². The van der Waals surface area contributed by atoms with Gasteiger partial charge in [0.05, 0.1) is 21.3 Å². The predicted molar refractivity (Wildman–Crippen MR) is 103 cm³/mol. The van der Waals surface area contributed by atoms with E-state index in [1.807, 2.05) is 18.2 Å². The molecule has 0 aromatic heterocycles. The second-order valence-corrected chi connectivity index (χ2v) is 5.94. The van der Waals surface area contributed by atoms with Gasteiger partial charge in [0.2, 0.25) is 5.91 Å². The molecular formula is C21H25NO5. The summed E-state index contributed by atoms with van der Waals surface area (Å²) < 4.78 is 15.6. The van der Waals surface area contributed by atoms with E-state index in [0.717, 1.165) is 5.56 Å². The highest BCUT2D eigenvalue weighted by Gasteiger charge is 2.10. The van der Waals surface area contributed by atoms with Crippen molar-refractivity contribution in [2.75, 3.05) is 27.9 Å². The zero-order valence-electron chi connectivity index (χ0n) is 15.9. The molecular weight excluding hydrogens is 346 g/mol. The molecule has 0 aliphatic heterocycles. The van der Waals surface area contributed by atoms with Gasteiger partial charge in [-0.1, -0.05) is 18.2 Å². The molecule has 6 heteroatoms. The molecule has 0 aliphatic rings. The van der Waals surface area contributed by atoms with Crippen LogP contribution in [0.1, 0.15) is 28.8 Å². The number of carbonyl (C=O) groups excluding carboxylic acids is 2. The second-order valence-electron chi connectivity index (χ2n) is 5.94. The zero-order chi connectivity index (χ0) is 19.6. The number of hydrogen-bond acceptors (Lipinski definition) is 5. The third-order valence-corrected chi connectivity index (χ3v) is 4.15. The Kier molecular flexibility index (Phi) is 7.67. The van der Waals surface area contributed by atoms with E-state index in [1.165, 1.54) is 0 Å². The van der Waals surface area contributed by atoms with E-state index >= 15 is 0 Å². The molecule has 2 rings (SSSR count). The molecule has 0 saturated carbocycles. The van der Waals surface area contributed by atoms with Crippen molar-refractivity contribution in [1.82, 2.24) is 5.32 Å². The first-order valence-electron chi connectivity index (χ1n) is 8.72. The average Bonchev–Trinajstić information content (AvgIpc) is 2.71. The summed E-state index contributed by atoms with van der Waals surface area (Å²) in [4.78, 5) is 24.2. The summed E-state index contributed by atoms with van der Waals surface area (Å²) in [6, 6.07) is 12.6. The maximum Gasteiger partial charge on any atom is 0.220 e. The number of ketones is 1. The highest BCUT2D eigenvalue weighted by atomic mass is 16.5. The molecule has 1 amide bonds. The fourth-order valence-corrected chi connectivity index (χ4v) is 2.64. The Morgan fingerprint density at radius 1 is 0.889 bits per heavy atom. The van der Waals surface area contributed by atoms with E-state index < -0.39 is 0 Å². The van der Waals surface area contributed by atoms with Gasteiger partial charge in [0.1, 0.15) is 5.75 Å². The van der Waals surface area contributed by atoms with Gasteiger partial charge in [0, 0.05) is 24.9 Å². The fourth-order valence-electron chi connectivity index (χ4n) is 2.64. The van der Waals surface area contributed by atoms with Crippen molar-refractivity contribution in [2.45, 2.75) is 19.3 Å². The number of carbonyl (C=O) groups is 2. The highest BCUT2D eigenvalue weighted by Crippen LogP contribution is 2.27. The number of amides is 1. The van der Waals surface area contributed by atoms with Gasteiger partial charge < -0.3 is 19.5 Å². The van der Waals surface area contributed by atoms with Crippen LogP contribution in [0.15, 0.2) is 42.5 Å². The van der Waals surface area contributed by atoms with Crippen molar-refractivity contribution in [3.05, 3.63) is 53.6 Å². The molecule has 1 N–H and O–H groups in total. The van der Waals surface area contributed by atoms with E-state index in [4.69, 9.17) is 14.2 Å². The Labute approximate surface area is 159 Å². The van der Waals surface area contributed by atoms with Gasteiger partial charge in [-0.05, 0) is 36.2 Å². The normalized spacial score (nSPS) is 10.2. The monoisotopic (exact) mass is 371 g/mol. The molecule has 144 valence electrons. The second kappa shape index (κ2) is 10.2. The van der Waals surface area contributed by atoms with Gasteiger partial charge in [-0.25, -0.2) is 0 Å². The van der Waals surface area contributed by atoms with E-state index in [9.17, 15) is 9.59 Å². The number of Topliss-reactive ketones (excluding diaryl/α,β-unsaturated/α-hetero) is 1. The molecule has 0 bridgehead atoms. The molecule has 0 fully saturated rings. The molecule has 6 nitrogen and oxygen atoms in total. The fraction of sp³-hybridized carbons (Fsp3) is 0.333. The van der Waals surface area contributed by atoms with Gasteiger partial charge in [-0.3, -0.25) is 9.59 Å². The molecule has 0 radical (unpaired) electrons. The molecule has 0 atom stereocenters. The van der Waals surface area contributed by atoms with E-state index in [1.54, 1.807) is 45.6 Å². The Hall–Kier alpha value is -3.02. The number of rotatable bonds is 10. The summed E-state index contributed by atoms with van der Waals surface area (Å²) in [5.41, 5.74) is 1.58. The van der Waals surface area contributed by atoms with Crippen LogP contribution in [0.4, 0.5) is 0 Å². The smallest absolute Gasteiger partial charge is 0.220 e. The number of ether oxygens (including phenoxy) is 3. The highest BCUT2D eigenvalue weighted by molar-refractivity contribution is 5.98. The lowest BCUT2D eigenvalue weighted by atomic mass is 10.1. The summed E-state index contributed by atoms with van der Waals surface area (Å²) in [5.74, 6) is 1.72. The topological polar surface area (TPSA) is 73.9 Å². The lowest BCUT2D eigenvalue weighted by Gasteiger charge is -2.10. The van der Waals surface area contributed by atoms with Crippen molar-refractivity contribution in [3.8, 4) is 17.2 Å². The largest absolute Gasteiger partial charge is 0.497 e. The Morgan fingerprint density at radius 3 is 2.37 bits per heavy atom. The van der Waals surface area contributed by atoms with Crippen LogP contribution < -0.4 is 19.5 Å². The van der Waals surface area contributed by atoms with Gasteiger partial charge in [0.15, 0.2) is 17.3 Å². The first-order chi connectivity index (χ1) is 13.1. The first kappa shape index (κ1) is 20.3. The maximum absolute atomic E-state index is 12.2. The molecule has 0 saturated heterocycles. The van der Waals surface area contributed by atoms with Crippen molar-refractivity contribution in [1.29, 1.82) is 0 Å². The van der Waals surface area contributed by atoms with Crippen molar-refractivity contribution in [2.24, 2.45) is 0 Å². The number of methoxy groups -OCH3 is 3. The minimum absolute atomic E-state index is 0.0797. The summed E-state index contributed by atoms with van der Waals surface area (Å²) in [6.45, 7) is 0.488. The predicted octanol–water partition coefficient (Wildman–Crippen LogP) is 3.03. The average molecular weight is 371 g/mol. The van der Waals surface area contributed by atoms with Gasteiger partial charge in [-0.2, -0.15) is 0 Å². The summed E-state index contributed by atoms with van der Waals surface area (Å²) in [5, 5.41) is 2.84. The molecule has 0 spiro atoms. The third kappa shape index (κ3) is 6.02. The molecule has 2 aromatic carbocycles. The Morgan fingerprint density at radius 2 is 1.67 bits per heavy atom. The minimum Gasteiger partial charge on any atom is -0.497 e. The summed E-state index contributed by atoms with van der Waals surface area (Å²) in [7, 11) is 4.72. The standard InChI is InChI=1S/C21H25NO5/c1-25-17-6-4-5-16(14-17)18(23)8-10-21(24)22-12-11-15-7-9-19(26-2)20(13-15)27-3/h4-7,9,13-14H,8,10-12H2,1-3H3,(H,22,24). The van der Waals surface area contributed by atoms with E-state index in [0.29, 0.717) is 35.8 Å². The van der Waals surface area contributed by atoms with Crippen LogP contribution in [-0.2, 0) is 11.2 Å².